The van der Waals surface area contributed by atoms with Crippen LogP contribution >= 0.6 is 9.47 Å². The van der Waals surface area contributed by atoms with E-state index in [9.17, 15) is 5.11 Å². The molecule has 0 spiro atoms. The number of rotatable bonds is 7. The molecule has 3 nitrogen and oxygen atoms in total. The lowest BCUT2D eigenvalue weighted by atomic mass is 9.62. The van der Waals surface area contributed by atoms with Crippen LogP contribution in [0.2, 0.25) is 0 Å². The van der Waals surface area contributed by atoms with E-state index in [4.69, 9.17) is 9.26 Å². The monoisotopic (exact) mass is 368 g/mol. The van der Waals surface area contributed by atoms with Gasteiger partial charge in [0.1, 0.15) is 0 Å². The number of ether oxygens (including phenoxy) is 1. The summed E-state index contributed by atoms with van der Waals surface area (Å²) in [6, 6.07) is 0. The summed E-state index contributed by atoms with van der Waals surface area (Å²) in [5.74, 6) is 1.96. The SMILES string of the molecule is COC(/C=C/C(C)C1CCC2C(OP)CCCC12C)C1(C(C)O)CC1. The summed E-state index contributed by atoms with van der Waals surface area (Å²) in [4.78, 5) is 0. The van der Waals surface area contributed by atoms with E-state index >= 15 is 0 Å². The average molecular weight is 368 g/mol. The van der Waals surface area contributed by atoms with Crippen LogP contribution in [0.4, 0.5) is 0 Å². The Bertz CT molecular complexity index is 488. The third-order valence-corrected chi connectivity index (χ3v) is 8.36. The Morgan fingerprint density at radius 1 is 1.12 bits per heavy atom. The smallest absolute Gasteiger partial charge is 0.0832 e. The second-order valence-corrected chi connectivity index (χ2v) is 9.44. The van der Waals surface area contributed by atoms with Gasteiger partial charge in [0.05, 0.1) is 18.3 Å². The summed E-state index contributed by atoms with van der Waals surface area (Å²) in [5.41, 5.74) is 0.351. The molecular weight excluding hydrogens is 331 g/mol. The van der Waals surface area contributed by atoms with Crippen LogP contribution in [0, 0.1) is 28.6 Å². The van der Waals surface area contributed by atoms with Crippen LogP contribution in [0.3, 0.4) is 0 Å². The van der Waals surface area contributed by atoms with Crippen molar-refractivity contribution in [3.63, 3.8) is 0 Å². The van der Waals surface area contributed by atoms with Gasteiger partial charge in [-0.1, -0.05) is 32.4 Å². The zero-order chi connectivity index (χ0) is 18.2. The lowest BCUT2D eigenvalue weighted by molar-refractivity contribution is -0.00359. The summed E-state index contributed by atoms with van der Waals surface area (Å²) in [5, 5.41) is 10.1. The van der Waals surface area contributed by atoms with Crippen molar-refractivity contribution in [2.24, 2.45) is 28.6 Å². The second-order valence-electron chi connectivity index (χ2n) is 9.17. The van der Waals surface area contributed by atoms with Gasteiger partial charge >= 0.3 is 0 Å². The summed E-state index contributed by atoms with van der Waals surface area (Å²) < 4.78 is 11.5. The van der Waals surface area contributed by atoms with Crippen LogP contribution in [-0.4, -0.2) is 30.5 Å². The Labute approximate surface area is 156 Å². The van der Waals surface area contributed by atoms with Crippen molar-refractivity contribution in [1.82, 2.24) is 0 Å². The molecule has 0 aliphatic heterocycles. The summed E-state index contributed by atoms with van der Waals surface area (Å²) >= 11 is 0. The van der Waals surface area contributed by atoms with Crippen molar-refractivity contribution in [2.45, 2.75) is 84.0 Å². The van der Waals surface area contributed by atoms with E-state index in [2.05, 4.69) is 35.5 Å². The average Bonchev–Trinajstić information content (AvgIpc) is 3.31. The molecule has 0 aromatic carbocycles. The van der Waals surface area contributed by atoms with Gasteiger partial charge in [0, 0.05) is 22.0 Å². The van der Waals surface area contributed by atoms with E-state index < -0.39 is 0 Å². The minimum Gasteiger partial charge on any atom is -0.393 e. The van der Waals surface area contributed by atoms with Crippen molar-refractivity contribution in [3.05, 3.63) is 12.2 Å². The third-order valence-electron chi connectivity index (χ3n) is 8.01. The highest BCUT2D eigenvalue weighted by molar-refractivity contribution is 7.09. The van der Waals surface area contributed by atoms with Crippen LogP contribution in [-0.2, 0) is 9.26 Å². The third kappa shape index (κ3) is 3.47. The molecule has 3 aliphatic carbocycles. The second kappa shape index (κ2) is 7.58. The summed E-state index contributed by atoms with van der Waals surface area (Å²) in [6.07, 6.45) is 13.3. The molecule has 8 atom stereocenters. The van der Waals surface area contributed by atoms with E-state index in [0.29, 0.717) is 23.4 Å². The Morgan fingerprint density at radius 2 is 1.84 bits per heavy atom. The molecule has 0 heterocycles. The molecule has 0 radical (unpaired) electrons. The topological polar surface area (TPSA) is 38.7 Å². The Hall–Kier alpha value is 0.0500. The Morgan fingerprint density at radius 3 is 2.40 bits per heavy atom. The number of fused-ring (bicyclic) bond motifs is 1. The van der Waals surface area contributed by atoms with E-state index in [1.54, 1.807) is 7.11 Å². The predicted octanol–water partition coefficient (Wildman–Crippen LogP) is 4.75. The fourth-order valence-electron chi connectivity index (χ4n) is 6.19. The molecule has 0 saturated heterocycles. The van der Waals surface area contributed by atoms with E-state index in [0.717, 1.165) is 18.8 Å². The maximum atomic E-state index is 10.1. The first-order chi connectivity index (χ1) is 11.9. The minimum absolute atomic E-state index is 0.0365. The molecule has 3 aliphatic rings. The molecule has 8 unspecified atom stereocenters. The summed E-state index contributed by atoms with van der Waals surface area (Å²) in [7, 11) is 4.28. The normalized spacial score (nSPS) is 40.6. The molecule has 3 fully saturated rings. The van der Waals surface area contributed by atoms with Gasteiger partial charge < -0.3 is 14.4 Å². The van der Waals surface area contributed by atoms with E-state index in [1.807, 2.05) is 6.92 Å². The number of aliphatic hydroxyl groups is 1. The van der Waals surface area contributed by atoms with Gasteiger partial charge in [0.2, 0.25) is 0 Å². The largest absolute Gasteiger partial charge is 0.393 e. The quantitative estimate of drug-likeness (QED) is 0.521. The van der Waals surface area contributed by atoms with Crippen molar-refractivity contribution < 1.29 is 14.4 Å². The number of methoxy groups -OCH3 is 1. The lowest BCUT2D eigenvalue weighted by Crippen LogP contribution is -2.41. The van der Waals surface area contributed by atoms with Gasteiger partial charge in [-0.2, -0.15) is 0 Å². The van der Waals surface area contributed by atoms with Gasteiger partial charge in [0.15, 0.2) is 0 Å². The van der Waals surface area contributed by atoms with Gasteiger partial charge in [-0.25, -0.2) is 0 Å². The lowest BCUT2D eigenvalue weighted by Gasteiger charge is -2.45. The van der Waals surface area contributed by atoms with Crippen LogP contribution in [0.25, 0.3) is 0 Å². The fraction of sp³-hybridized carbons (Fsp3) is 0.905. The number of allylic oxidation sites excluding steroid dienone is 1. The fourth-order valence-corrected chi connectivity index (χ4v) is 6.51. The Kier molecular flexibility index (Phi) is 6.01. The number of hydrogen-bond acceptors (Lipinski definition) is 3. The highest BCUT2D eigenvalue weighted by atomic mass is 31.0. The van der Waals surface area contributed by atoms with Gasteiger partial charge in [-0.05, 0) is 68.6 Å². The molecule has 4 heteroatoms. The first-order valence-electron chi connectivity index (χ1n) is 10.1. The number of aliphatic hydroxyl groups excluding tert-OH is 1. The Balaban J connectivity index is 1.70. The first-order valence-corrected chi connectivity index (χ1v) is 10.6. The van der Waals surface area contributed by atoms with Crippen molar-refractivity contribution in [1.29, 1.82) is 0 Å². The highest BCUT2D eigenvalue weighted by Gasteiger charge is 2.54. The van der Waals surface area contributed by atoms with Gasteiger partial charge in [-0.3, -0.25) is 0 Å². The van der Waals surface area contributed by atoms with Crippen LogP contribution < -0.4 is 0 Å². The zero-order valence-corrected chi connectivity index (χ0v) is 17.6. The predicted molar refractivity (Wildman–Crippen MR) is 105 cm³/mol. The highest BCUT2D eigenvalue weighted by Crippen LogP contribution is 2.59. The van der Waals surface area contributed by atoms with Gasteiger partial charge in [-0.15, -0.1) is 0 Å². The van der Waals surface area contributed by atoms with Gasteiger partial charge in [0.25, 0.3) is 0 Å². The van der Waals surface area contributed by atoms with Crippen molar-refractivity contribution in [3.8, 4) is 0 Å². The minimum atomic E-state index is -0.302. The summed E-state index contributed by atoms with van der Waals surface area (Å²) in [6.45, 7) is 6.78. The maximum Gasteiger partial charge on any atom is 0.0832 e. The van der Waals surface area contributed by atoms with Crippen molar-refractivity contribution >= 4 is 9.47 Å². The molecular formula is C21H37O3P. The first kappa shape index (κ1) is 19.8. The molecule has 144 valence electrons. The van der Waals surface area contributed by atoms with Crippen LogP contribution in [0.1, 0.15) is 65.7 Å². The zero-order valence-electron chi connectivity index (χ0n) is 16.4. The molecule has 0 bridgehead atoms. The molecule has 3 saturated carbocycles. The molecule has 0 aromatic rings. The van der Waals surface area contributed by atoms with E-state index in [-0.39, 0.29) is 17.6 Å². The molecule has 0 aromatic heterocycles. The molecule has 25 heavy (non-hydrogen) atoms. The standard InChI is InChI=1S/C21H37O3P/c1-14(7-10-19(23-4)21(12-13-21)15(2)22)16-8-9-17-18(24-25)6-5-11-20(16,17)3/h7,10,14-19,22H,5-6,8-9,11-13,25H2,1-4H3/b10-7+. The molecule has 0 amide bonds. The number of hydrogen-bond donors (Lipinski definition) is 1. The van der Waals surface area contributed by atoms with Crippen molar-refractivity contribution in [2.75, 3.05) is 7.11 Å². The van der Waals surface area contributed by atoms with Crippen LogP contribution in [0.15, 0.2) is 12.2 Å². The van der Waals surface area contributed by atoms with E-state index in [1.165, 1.54) is 32.1 Å². The maximum absolute atomic E-state index is 10.1. The van der Waals surface area contributed by atoms with Crippen LogP contribution in [0.5, 0.6) is 0 Å². The molecule has 1 N–H and O–H groups in total. The molecule has 3 rings (SSSR count).